The molecule has 1 saturated heterocycles. The number of ether oxygens (including phenoxy) is 5. The lowest BCUT2D eigenvalue weighted by Crippen LogP contribution is -2.59. The highest BCUT2D eigenvalue weighted by atomic mass is 32.1. The average molecular weight is 384 g/mol. The fraction of sp³-hybridized carbons (Fsp3) is 0.556. The van der Waals surface area contributed by atoms with Crippen LogP contribution in [0.3, 0.4) is 0 Å². The molecule has 2 rings (SSSR count). The number of carbonyl (C=O) groups is 2. The van der Waals surface area contributed by atoms with Crippen molar-refractivity contribution in [2.75, 3.05) is 13.7 Å². The third-order valence-electron chi connectivity index (χ3n) is 3.85. The highest BCUT2D eigenvalue weighted by Crippen LogP contribution is 2.30. The molecule has 0 radical (unpaired) electrons. The van der Waals surface area contributed by atoms with Gasteiger partial charge in [0.1, 0.15) is 0 Å². The Morgan fingerprint density at radius 2 is 1.69 bits per heavy atom. The van der Waals surface area contributed by atoms with Crippen LogP contribution in [0.25, 0.3) is 0 Å². The standard InChI is InChI=1S/C18H24O7S/c1-11(19)23-15-16(24-12(2)20)18(21-3)25-14(17(15)26)10-22-9-13-7-5-4-6-8-13/h4-8,14-18,26H,9-10H2,1-3H3/t14?,15?,16?,17-,18+/m1/s1. The van der Waals surface area contributed by atoms with Crippen LogP contribution in [0.15, 0.2) is 30.3 Å². The minimum absolute atomic E-state index is 0.216. The molecule has 1 aromatic carbocycles. The Hall–Kier alpha value is -1.61. The highest BCUT2D eigenvalue weighted by Gasteiger charge is 2.48. The number of hydrogen-bond donors (Lipinski definition) is 1. The molecule has 144 valence electrons. The molecule has 0 bridgehead atoms. The summed E-state index contributed by atoms with van der Waals surface area (Å²) in [5.41, 5.74) is 1.02. The predicted molar refractivity (Wildman–Crippen MR) is 95.7 cm³/mol. The Bertz CT molecular complexity index is 594. The van der Waals surface area contributed by atoms with Gasteiger partial charge in [0.2, 0.25) is 0 Å². The first-order valence-electron chi connectivity index (χ1n) is 8.24. The summed E-state index contributed by atoms with van der Waals surface area (Å²) < 4.78 is 27.4. The van der Waals surface area contributed by atoms with Crippen molar-refractivity contribution in [2.45, 2.75) is 50.3 Å². The maximum atomic E-state index is 11.5. The van der Waals surface area contributed by atoms with E-state index < -0.39 is 41.8 Å². The van der Waals surface area contributed by atoms with Gasteiger partial charge >= 0.3 is 11.9 Å². The lowest BCUT2D eigenvalue weighted by molar-refractivity contribution is -0.270. The summed E-state index contributed by atoms with van der Waals surface area (Å²) in [6.45, 7) is 3.17. The average Bonchev–Trinajstić information content (AvgIpc) is 2.60. The number of benzene rings is 1. The molecule has 0 amide bonds. The summed E-state index contributed by atoms with van der Waals surface area (Å²) in [5.74, 6) is -1.04. The molecule has 0 spiro atoms. The Kier molecular flexibility index (Phi) is 7.89. The van der Waals surface area contributed by atoms with Crippen LogP contribution >= 0.6 is 12.6 Å². The maximum Gasteiger partial charge on any atom is 0.303 e. The van der Waals surface area contributed by atoms with Crippen LogP contribution in [-0.2, 0) is 39.9 Å². The summed E-state index contributed by atoms with van der Waals surface area (Å²) in [7, 11) is 1.42. The van der Waals surface area contributed by atoms with Crippen LogP contribution < -0.4 is 0 Å². The summed E-state index contributed by atoms with van der Waals surface area (Å²) in [6.07, 6.45) is -3.13. The van der Waals surface area contributed by atoms with E-state index >= 15 is 0 Å². The van der Waals surface area contributed by atoms with Gasteiger partial charge in [0.15, 0.2) is 18.5 Å². The van der Waals surface area contributed by atoms with E-state index in [1.165, 1.54) is 21.0 Å². The van der Waals surface area contributed by atoms with Gasteiger partial charge in [-0.05, 0) is 5.56 Å². The number of rotatable bonds is 7. The molecule has 0 aliphatic carbocycles. The van der Waals surface area contributed by atoms with Gasteiger partial charge in [0.05, 0.1) is 24.6 Å². The molecular weight excluding hydrogens is 360 g/mol. The van der Waals surface area contributed by atoms with E-state index in [-0.39, 0.29) is 6.61 Å². The minimum atomic E-state index is -0.908. The molecule has 1 fully saturated rings. The second-order valence-corrected chi connectivity index (χ2v) is 6.51. The Balaban J connectivity index is 2.05. The number of thiol groups is 1. The van der Waals surface area contributed by atoms with Crippen molar-refractivity contribution in [3.05, 3.63) is 35.9 Å². The maximum absolute atomic E-state index is 11.5. The summed E-state index contributed by atoms with van der Waals surface area (Å²) in [4.78, 5) is 22.9. The molecule has 0 aromatic heterocycles. The third kappa shape index (κ3) is 5.70. The van der Waals surface area contributed by atoms with Gasteiger partial charge in [0, 0.05) is 21.0 Å². The normalized spacial score (nSPS) is 28.4. The zero-order valence-electron chi connectivity index (χ0n) is 15.0. The Labute approximate surface area is 158 Å². The number of hydrogen-bond acceptors (Lipinski definition) is 8. The van der Waals surface area contributed by atoms with E-state index in [0.717, 1.165) is 5.56 Å². The van der Waals surface area contributed by atoms with Gasteiger partial charge in [-0.15, -0.1) is 0 Å². The molecule has 1 aromatic rings. The van der Waals surface area contributed by atoms with Crippen molar-refractivity contribution in [3.63, 3.8) is 0 Å². The van der Waals surface area contributed by atoms with E-state index in [1.54, 1.807) is 0 Å². The third-order valence-corrected chi connectivity index (χ3v) is 4.47. The zero-order chi connectivity index (χ0) is 19.1. The lowest BCUT2D eigenvalue weighted by Gasteiger charge is -2.43. The van der Waals surface area contributed by atoms with Gasteiger partial charge < -0.3 is 23.7 Å². The quantitative estimate of drug-likeness (QED) is 0.566. The molecule has 1 heterocycles. The molecular formula is C18H24O7S. The van der Waals surface area contributed by atoms with Crippen LogP contribution in [0, 0.1) is 0 Å². The van der Waals surface area contributed by atoms with Gasteiger partial charge in [-0.2, -0.15) is 12.6 Å². The van der Waals surface area contributed by atoms with Crippen molar-refractivity contribution in [2.24, 2.45) is 0 Å². The van der Waals surface area contributed by atoms with Crippen molar-refractivity contribution >= 4 is 24.6 Å². The van der Waals surface area contributed by atoms with Crippen LogP contribution in [0.2, 0.25) is 0 Å². The molecule has 5 atom stereocenters. The predicted octanol–water partition coefficient (Wildman–Crippen LogP) is 1.74. The van der Waals surface area contributed by atoms with Crippen molar-refractivity contribution in [3.8, 4) is 0 Å². The lowest BCUT2D eigenvalue weighted by atomic mass is 10.0. The minimum Gasteiger partial charge on any atom is -0.457 e. The fourth-order valence-corrected chi connectivity index (χ4v) is 3.12. The van der Waals surface area contributed by atoms with Crippen LogP contribution in [0.1, 0.15) is 19.4 Å². The number of methoxy groups -OCH3 is 1. The van der Waals surface area contributed by atoms with Crippen LogP contribution in [0.5, 0.6) is 0 Å². The SMILES string of the molecule is CO[C@H]1OC(COCc2ccccc2)[C@@H](S)C(OC(C)=O)C1OC(C)=O. The molecule has 8 heteroatoms. The van der Waals surface area contributed by atoms with Gasteiger partial charge in [-0.1, -0.05) is 30.3 Å². The van der Waals surface area contributed by atoms with Gasteiger partial charge in [-0.3, -0.25) is 9.59 Å². The Morgan fingerprint density at radius 1 is 1.08 bits per heavy atom. The van der Waals surface area contributed by atoms with E-state index in [1.807, 2.05) is 30.3 Å². The molecule has 0 N–H and O–H groups in total. The molecule has 26 heavy (non-hydrogen) atoms. The number of carbonyl (C=O) groups excluding carboxylic acids is 2. The first-order chi connectivity index (χ1) is 12.4. The molecule has 0 saturated carbocycles. The summed E-state index contributed by atoms with van der Waals surface area (Å²) in [6, 6.07) is 9.70. The number of esters is 2. The summed E-state index contributed by atoms with van der Waals surface area (Å²) >= 11 is 4.52. The topological polar surface area (TPSA) is 80.3 Å². The van der Waals surface area contributed by atoms with Crippen LogP contribution in [0.4, 0.5) is 0 Å². The van der Waals surface area contributed by atoms with E-state index in [0.29, 0.717) is 6.61 Å². The smallest absolute Gasteiger partial charge is 0.303 e. The van der Waals surface area contributed by atoms with E-state index in [2.05, 4.69) is 12.6 Å². The second-order valence-electron chi connectivity index (χ2n) is 5.92. The molecule has 3 unspecified atom stereocenters. The molecule has 7 nitrogen and oxygen atoms in total. The molecule has 1 aliphatic heterocycles. The highest BCUT2D eigenvalue weighted by molar-refractivity contribution is 7.81. The van der Waals surface area contributed by atoms with Crippen molar-refractivity contribution < 1.29 is 33.3 Å². The first-order valence-corrected chi connectivity index (χ1v) is 8.76. The molecule has 1 aliphatic rings. The monoisotopic (exact) mass is 384 g/mol. The van der Waals surface area contributed by atoms with Gasteiger partial charge in [0.25, 0.3) is 0 Å². The largest absolute Gasteiger partial charge is 0.457 e. The van der Waals surface area contributed by atoms with E-state index in [9.17, 15) is 9.59 Å². The van der Waals surface area contributed by atoms with Crippen LogP contribution in [-0.4, -0.2) is 55.5 Å². The first kappa shape index (κ1) is 20.7. The zero-order valence-corrected chi connectivity index (χ0v) is 15.9. The van der Waals surface area contributed by atoms with E-state index in [4.69, 9.17) is 23.7 Å². The second kappa shape index (κ2) is 9.91. The van der Waals surface area contributed by atoms with Crippen molar-refractivity contribution in [1.82, 2.24) is 0 Å². The van der Waals surface area contributed by atoms with Crippen molar-refractivity contribution in [1.29, 1.82) is 0 Å². The summed E-state index contributed by atoms with van der Waals surface area (Å²) in [5, 5.41) is -0.551. The Morgan fingerprint density at radius 3 is 2.27 bits per heavy atom. The fourth-order valence-electron chi connectivity index (χ4n) is 2.73. The van der Waals surface area contributed by atoms with Gasteiger partial charge in [-0.25, -0.2) is 0 Å².